The Balaban J connectivity index is 1.91. The van der Waals surface area contributed by atoms with Crippen LogP contribution in [0, 0.1) is 0 Å². The van der Waals surface area contributed by atoms with Gasteiger partial charge in [0.15, 0.2) is 6.29 Å². The van der Waals surface area contributed by atoms with Crippen molar-refractivity contribution in [1.29, 1.82) is 0 Å². The van der Waals surface area contributed by atoms with Gasteiger partial charge < -0.3 is 45.1 Å². The van der Waals surface area contributed by atoms with Crippen LogP contribution >= 0.6 is 0 Å². The topological polar surface area (TPSA) is 175 Å². The maximum Gasteiger partial charge on any atom is 0.305 e. The van der Waals surface area contributed by atoms with E-state index in [1.54, 1.807) is 6.08 Å². The van der Waals surface area contributed by atoms with Crippen molar-refractivity contribution in [3.63, 3.8) is 0 Å². The highest BCUT2D eigenvalue weighted by Gasteiger charge is 2.44. The van der Waals surface area contributed by atoms with Crippen LogP contribution in [0.15, 0.2) is 48.6 Å². The van der Waals surface area contributed by atoms with Gasteiger partial charge in [0.05, 0.1) is 32.0 Å². The van der Waals surface area contributed by atoms with Crippen LogP contribution in [0.3, 0.4) is 0 Å². The van der Waals surface area contributed by atoms with E-state index in [2.05, 4.69) is 55.6 Å². The second-order valence-corrected chi connectivity index (χ2v) is 28.8. The number of rotatable bonds is 74. The number of hydrogen-bond acceptors (Lipinski definition) is 10. The lowest BCUT2D eigenvalue weighted by Crippen LogP contribution is -2.60. The minimum absolute atomic E-state index is 0.00648. The van der Waals surface area contributed by atoms with Crippen LogP contribution in [-0.2, 0) is 23.8 Å². The van der Waals surface area contributed by atoms with E-state index in [0.29, 0.717) is 19.4 Å². The van der Waals surface area contributed by atoms with E-state index >= 15 is 0 Å². The van der Waals surface area contributed by atoms with Crippen LogP contribution < -0.4 is 5.32 Å². The summed E-state index contributed by atoms with van der Waals surface area (Å²) < 4.78 is 16.8. The Morgan fingerprint density at radius 2 is 0.705 bits per heavy atom. The Morgan fingerprint density at radius 1 is 0.389 bits per heavy atom. The molecule has 0 aromatic carbocycles. The monoisotopic (exact) mass is 1340 g/mol. The zero-order valence-electron chi connectivity index (χ0n) is 62.4. The number of aliphatic hydroxyl groups is 5. The lowest BCUT2D eigenvalue weighted by Gasteiger charge is -2.40. The number of carbonyl (C=O) groups is 2. The summed E-state index contributed by atoms with van der Waals surface area (Å²) in [5.74, 6) is -0.169. The van der Waals surface area contributed by atoms with Gasteiger partial charge in [-0.25, -0.2) is 0 Å². The van der Waals surface area contributed by atoms with E-state index in [-0.39, 0.29) is 18.5 Å². The molecule has 11 heteroatoms. The summed E-state index contributed by atoms with van der Waals surface area (Å²) in [6, 6.07) is -0.808. The van der Waals surface area contributed by atoms with Gasteiger partial charge in [0.1, 0.15) is 24.4 Å². The van der Waals surface area contributed by atoms with E-state index in [1.807, 2.05) is 6.08 Å². The van der Waals surface area contributed by atoms with Crippen LogP contribution in [0.5, 0.6) is 0 Å². The Labute approximate surface area is 586 Å². The minimum Gasteiger partial charge on any atom is -0.466 e. The number of amides is 1. The third kappa shape index (κ3) is 61.2. The van der Waals surface area contributed by atoms with Gasteiger partial charge in [-0.2, -0.15) is 0 Å². The van der Waals surface area contributed by atoms with Crippen LogP contribution in [0.1, 0.15) is 412 Å². The summed E-state index contributed by atoms with van der Waals surface area (Å²) in [4.78, 5) is 25.2. The van der Waals surface area contributed by atoms with Gasteiger partial charge in [-0.05, 0) is 89.9 Å². The first-order valence-electron chi connectivity index (χ1n) is 41.4. The molecule has 0 aliphatic carbocycles. The van der Waals surface area contributed by atoms with Gasteiger partial charge in [-0.3, -0.25) is 9.59 Å². The fraction of sp³-hybridized carbons (Fsp3) is 0.881. The SMILES string of the molecule is CCCCCCC/C=C\CCCCCCCC(=O)OCCCCCCCCCCCCCCCCC/C=C\C/C=C\CCCCCCCCCCCCCCCCCCCC(=O)NC(COC1OC(CO)C(O)C(O)C1O)C(O)/C=C/CCCCCCCCCCCCCC. The average Bonchev–Trinajstić information content (AvgIpc) is 0.840. The molecule has 1 aliphatic rings. The van der Waals surface area contributed by atoms with Crippen LogP contribution in [0.2, 0.25) is 0 Å². The van der Waals surface area contributed by atoms with Crippen molar-refractivity contribution in [3.8, 4) is 0 Å². The van der Waals surface area contributed by atoms with Crippen molar-refractivity contribution in [3.05, 3.63) is 48.6 Å². The summed E-state index contributed by atoms with van der Waals surface area (Å²) >= 11 is 0. The highest BCUT2D eigenvalue weighted by molar-refractivity contribution is 5.76. The fourth-order valence-electron chi connectivity index (χ4n) is 13.2. The quantitative estimate of drug-likeness (QED) is 0.0195. The molecule has 11 nitrogen and oxygen atoms in total. The maximum absolute atomic E-state index is 13.1. The summed E-state index contributed by atoms with van der Waals surface area (Å²) in [5, 5.41) is 54.6. The van der Waals surface area contributed by atoms with E-state index in [1.165, 1.54) is 321 Å². The summed E-state index contributed by atoms with van der Waals surface area (Å²) in [5.41, 5.74) is 0. The van der Waals surface area contributed by atoms with Crippen molar-refractivity contribution in [2.24, 2.45) is 0 Å². The van der Waals surface area contributed by atoms with Gasteiger partial charge in [0, 0.05) is 12.8 Å². The Morgan fingerprint density at radius 3 is 1.07 bits per heavy atom. The molecule has 1 heterocycles. The Kier molecular flexibility index (Phi) is 69.5. The fourth-order valence-corrected chi connectivity index (χ4v) is 13.2. The zero-order valence-corrected chi connectivity index (χ0v) is 62.4. The molecule has 0 spiro atoms. The van der Waals surface area contributed by atoms with E-state index < -0.39 is 49.5 Å². The van der Waals surface area contributed by atoms with E-state index in [9.17, 15) is 35.1 Å². The number of ether oxygens (including phenoxy) is 3. The summed E-state index contributed by atoms with van der Waals surface area (Å²) in [6.07, 6.45) is 87.2. The van der Waals surface area contributed by atoms with Crippen molar-refractivity contribution in [2.75, 3.05) is 19.8 Å². The number of hydrogen-bond donors (Lipinski definition) is 6. The number of allylic oxidation sites excluding steroid dienone is 7. The molecule has 7 unspecified atom stereocenters. The van der Waals surface area contributed by atoms with Crippen LogP contribution in [0.4, 0.5) is 0 Å². The van der Waals surface area contributed by atoms with Crippen molar-refractivity contribution < 1.29 is 49.3 Å². The Bertz CT molecular complexity index is 1720. The number of esters is 1. The second-order valence-electron chi connectivity index (χ2n) is 28.8. The Hall–Kier alpha value is -2.38. The van der Waals surface area contributed by atoms with Gasteiger partial charge in [-0.15, -0.1) is 0 Å². The van der Waals surface area contributed by atoms with Crippen molar-refractivity contribution in [2.45, 2.75) is 455 Å². The van der Waals surface area contributed by atoms with Crippen LogP contribution in [0.25, 0.3) is 0 Å². The van der Waals surface area contributed by atoms with Crippen molar-refractivity contribution >= 4 is 11.9 Å². The van der Waals surface area contributed by atoms with E-state index in [0.717, 1.165) is 64.2 Å². The molecule has 558 valence electrons. The third-order valence-electron chi connectivity index (χ3n) is 19.7. The second kappa shape index (κ2) is 72.9. The predicted molar refractivity (Wildman–Crippen MR) is 403 cm³/mol. The molecule has 1 aliphatic heterocycles. The number of unbranched alkanes of at least 4 members (excludes halogenated alkanes) is 54. The largest absolute Gasteiger partial charge is 0.466 e. The van der Waals surface area contributed by atoms with Gasteiger partial charge >= 0.3 is 5.97 Å². The molecule has 0 aromatic rings. The molecule has 1 saturated heterocycles. The molecule has 0 saturated carbocycles. The highest BCUT2D eigenvalue weighted by atomic mass is 16.7. The molecule has 1 fully saturated rings. The highest BCUT2D eigenvalue weighted by Crippen LogP contribution is 2.24. The molecule has 6 N–H and O–H groups in total. The number of carbonyl (C=O) groups excluding carboxylic acids is 2. The molecule has 1 rings (SSSR count). The predicted octanol–water partition coefficient (Wildman–Crippen LogP) is 22.6. The molecular formula is C84H157NO10. The first-order chi connectivity index (χ1) is 46.7. The number of aliphatic hydroxyl groups excluding tert-OH is 5. The lowest BCUT2D eigenvalue weighted by atomic mass is 9.99. The normalized spacial score (nSPS) is 17.6. The standard InChI is InChI=1S/C84H157NO10/c1-3-5-7-9-11-13-15-17-46-50-54-58-62-66-70-77(87)76(75-94-84-83(92)82(91)81(90)78(74-86)95-84)85-79(88)71-67-63-59-55-51-47-44-42-40-38-36-34-32-30-28-26-24-22-20-19-21-23-25-27-29-31-33-35-37-39-41-43-45-49-53-57-61-65-69-73-93-80(89)72-68-64-60-56-52-48-18-16-14-12-10-8-6-4-2/h16,18-20,23,25,66,70,76-78,81-84,86-87,90-92H,3-15,17,21-22,24,26-65,67-69,71-75H2,1-2H3,(H,85,88)/b18-16-,20-19-,25-23-,70-66+. The van der Waals surface area contributed by atoms with Crippen molar-refractivity contribution in [1.82, 2.24) is 5.32 Å². The first kappa shape index (κ1) is 90.6. The van der Waals surface area contributed by atoms with Gasteiger partial charge in [-0.1, -0.05) is 358 Å². The average molecular weight is 1340 g/mol. The number of nitrogens with one attached hydrogen (secondary N) is 1. The lowest BCUT2D eigenvalue weighted by molar-refractivity contribution is -0.302. The first-order valence-corrected chi connectivity index (χ1v) is 41.4. The summed E-state index contributed by atoms with van der Waals surface area (Å²) in [7, 11) is 0. The molecular weight excluding hydrogens is 1180 g/mol. The molecule has 1 amide bonds. The zero-order chi connectivity index (χ0) is 68.6. The smallest absolute Gasteiger partial charge is 0.305 e. The summed E-state index contributed by atoms with van der Waals surface area (Å²) in [6.45, 7) is 4.38. The molecule has 95 heavy (non-hydrogen) atoms. The molecule has 0 aromatic heterocycles. The van der Waals surface area contributed by atoms with Crippen LogP contribution in [-0.4, -0.2) is 100 Å². The minimum atomic E-state index is -1.57. The van der Waals surface area contributed by atoms with E-state index in [4.69, 9.17) is 14.2 Å². The third-order valence-corrected chi connectivity index (χ3v) is 19.7. The molecule has 0 radical (unpaired) electrons. The molecule has 7 atom stereocenters. The molecule has 0 bridgehead atoms. The van der Waals surface area contributed by atoms with Gasteiger partial charge in [0.25, 0.3) is 0 Å². The van der Waals surface area contributed by atoms with Gasteiger partial charge in [0.2, 0.25) is 5.91 Å². The maximum atomic E-state index is 13.1.